The lowest BCUT2D eigenvalue weighted by molar-refractivity contribution is -0.139. The first-order chi connectivity index (χ1) is 11.6. The molecule has 2 aromatic rings. The van der Waals surface area contributed by atoms with Crippen molar-refractivity contribution in [1.82, 2.24) is 4.57 Å². The monoisotopic (exact) mass is 362 g/mol. The van der Waals surface area contributed by atoms with Gasteiger partial charge in [-0.3, -0.25) is 4.79 Å². The van der Waals surface area contributed by atoms with Crippen LogP contribution in [0.3, 0.4) is 0 Å². The van der Waals surface area contributed by atoms with Gasteiger partial charge in [-0.05, 0) is 12.8 Å². The number of nitrogens with one attached hydrogen (secondary N) is 1. The van der Waals surface area contributed by atoms with Gasteiger partial charge in [-0.25, -0.2) is 13.6 Å². The molecule has 1 aromatic heterocycles. The summed E-state index contributed by atoms with van der Waals surface area (Å²) >= 11 is 0. The SMILES string of the molecule is CNc1c(F)c(F)c(C(F)(F)F)c2c1c(=O)c(C(=O)O)cn2C1CC1. The highest BCUT2D eigenvalue weighted by atomic mass is 19.4. The Bertz CT molecular complexity index is 961. The maximum Gasteiger partial charge on any atom is 0.421 e. The molecule has 5 nitrogen and oxygen atoms in total. The maximum absolute atomic E-state index is 14.2. The molecule has 0 radical (unpaired) electrons. The van der Waals surface area contributed by atoms with Crippen LogP contribution in [0.25, 0.3) is 10.9 Å². The Morgan fingerprint density at radius 1 is 1.28 bits per heavy atom. The van der Waals surface area contributed by atoms with E-state index in [9.17, 15) is 31.5 Å². The normalized spacial score (nSPS) is 14.8. The number of aromatic carboxylic acids is 1. The highest BCUT2D eigenvalue weighted by molar-refractivity contribution is 5.99. The number of carboxylic acid groups (broad SMARTS) is 1. The fourth-order valence-corrected chi connectivity index (χ4v) is 2.84. The molecule has 1 aliphatic carbocycles. The van der Waals surface area contributed by atoms with Crippen molar-refractivity contribution >= 4 is 22.6 Å². The predicted octanol–water partition coefficient (Wildman–Crippen LogP) is 3.37. The fraction of sp³-hybridized carbons (Fsp3) is 0.333. The number of rotatable bonds is 3. The number of carbonyl (C=O) groups is 1. The van der Waals surface area contributed by atoms with Crippen molar-refractivity contribution in [3.05, 3.63) is 39.2 Å². The fourth-order valence-electron chi connectivity index (χ4n) is 2.84. The smallest absolute Gasteiger partial charge is 0.421 e. The van der Waals surface area contributed by atoms with E-state index in [2.05, 4.69) is 5.32 Å². The molecule has 10 heteroatoms. The first-order valence-electron chi connectivity index (χ1n) is 7.17. The van der Waals surface area contributed by atoms with Crippen molar-refractivity contribution < 1.29 is 31.9 Å². The predicted molar refractivity (Wildman–Crippen MR) is 77.9 cm³/mol. The molecule has 0 spiro atoms. The van der Waals surface area contributed by atoms with E-state index in [1.807, 2.05) is 0 Å². The van der Waals surface area contributed by atoms with Gasteiger partial charge in [0.15, 0.2) is 11.6 Å². The van der Waals surface area contributed by atoms with Gasteiger partial charge in [0.2, 0.25) is 5.43 Å². The summed E-state index contributed by atoms with van der Waals surface area (Å²) in [5.41, 5.74) is -5.70. The summed E-state index contributed by atoms with van der Waals surface area (Å²) in [6, 6.07) is -0.517. The van der Waals surface area contributed by atoms with E-state index in [1.54, 1.807) is 0 Å². The number of aromatic nitrogens is 1. The summed E-state index contributed by atoms with van der Waals surface area (Å²) in [5, 5.41) is 10.5. The molecule has 0 atom stereocenters. The van der Waals surface area contributed by atoms with E-state index in [4.69, 9.17) is 5.11 Å². The van der Waals surface area contributed by atoms with Crippen LogP contribution in [0.4, 0.5) is 27.6 Å². The third kappa shape index (κ3) is 2.52. The van der Waals surface area contributed by atoms with Crippen LogP contribution < -0.4 is 10.7 Å². The van der Waals surface area contributed by atoms with Crippen LogP contribution in [0.15, 0.2) is 11.0 Å². The third-order valence-corrected chi connectivity index (χ3v) is 4.06. The lowest BCUT2D eigenvalue weighted by Gasteiger charge is -2.20. The number of fused-ring (bicyclic) bond motifs is 1. The minimum absolute atomic E-state index is 0.433. The molecule has 0 saturated heterocycles. The van der Waals surface area contributed by atoms with Gasteiger partial charge in [0, 0.05) is 19.3 Å². The Labute approximate surface area is 136 Å². The third-order valence-electron chi connectivity index (χ3n) is 4.06. The number of nitrogens with zero attached hydrogens (tertiary/aromatic N) is 1. The first-order valence-corrected chi connectivity index (χ1v) is 7.17. The van der Waals surface area contributed by atoms with Crippen molar-refractivity contribution in [3.8, 4) is 0 Å². The molecule has 1 heterocycles. The van der Waals surface area contributed by atoms with E-state index in [0.717, 1.165) is 17.8 Å². The van der Waals surface area contributed by atoms with E-state index >= 15 is 0 Å². The van der Waals surface area contributed by atoms with Crippen LogP contribution in [0.1, 0.15) is 34.8 Å². The second-order valence-electron chi connectivity index (χ2n) is 5.66. The highest BCUT2D eigenvalue weighted by Crippen LogP contribution is 2.44. The molecule has 2 N–H and O–H groups in total. The number of pyridine rings is 1. The Morgan fingerprint density at radius 3 is 2.32 bits per heavy atom. The Morgan fingerprint density at radius 2 is 1.88 bits per heavy atom. The average molecular weight is 362 g/mol. The molecular formula is C15H11F5N2O3. The molecule has 0 amide bonds. The molecule has 3 rings (SSSR count). The Kier molecular flexibility index (Phi) is 3.73. The molecule has 134 valence electrons. The topological polar surface area (TPSA) is 71.3 Å². The molecule has 25 heavy (non-hydrogen) atoms. The standard InChI is InChI=1S/C15H11F5N2O3/c1-21-11-7-12(8(15(18,19)20)9(16)10(11)17)22(5-2-3-5)4-6(13(7)23)14(24)25/h4-5,21H,2-3H2,1H3,(H,24,25). The van der Waals surface area contributed by atoms with E-state index in [-0.39, 0.29) is 0 Å². The van der Waals surface area contributed by atoms with Crippen LogP contribution in [-0.4, -0.2) is 22.7 Å². The van der Waals surface area contributed by atoms with Crippen LogP contribution >= 0.6 is 0 Å². The van der Waals surface area contributed by atoms with E-state index in [0.29, 0.717) is 12.8 Å². The summed E-state index contributed by atoms with van der Waals surface area (Å²) in [7, 11) is 1.10. The van der Waals surface area contributed by atoms with Crippen molar-refractivity contribution in [3.63, 3.8) is 0 Å². The van der Waals surface area contributed by atoms with Crippen molar-refractivity contribution in [2.24, 2.45) is 0 Å². The Hall–Kier alpha value is -2.65. The summed E-state index contributed by atoms with van der Waals surface area (Å²) in [4.78, 5) is 23.7. The van der Waals surface area contributed by atoms with Crippen LogP contribution in [0.2, 0.25) is 0 Å². The second-order valence-corrected chi connectivity index (χ2v) is 5.66. The van der Waals surface area contributed by atoms with E-state index in [1.165, 1.54) is 0 Å². The number of alkyl halides is 3. The zero-order chi connectivity index (χ0) is 18.7. The zero-order valence-corrected chi connectivity index (χ0v) is 12.7. The summed E-state index contributed by atoms with van der Waals surface area (Å²) < 4.78 is 69.4. The number of hydrogen-bond donors (Lipinski definition) is 2. The summed E-state index contributed by atoms with van der Waals surface area (Å²) in [6.07, 6.45) is -3.65. The maximum atomic E-state index is 14.2. The van der Waals surface area contributed by atoms with Gasteiger partial charge in [-0.2, -0.15) is 13.2 Å². The highest BCUT2D eigenvalue weighted by Gasteiger charge is 2.42. The molecule has 0 unspecified atom stereocenters. The second kappa shape index (κ2) is 5.43. The van der Waals surface area contributed by atoms with Gasteiger partial charge in [0.1, 0.15) is 11.1 Å². The summed E-state index contributed by atoms with van der Waals surface area (Å²) in [5.74, 6) is -5.69. The number of anilines is 1. The molecule has 1 aromatic carbocycles. The quantitative estimate of drug-likeness (QED) is 0.822. The lowest BCUT2D eigenvalue weighted by atomic mass is 10.0. The van der Waals surface area contributed by atoms with Crippen molar-refractivity contribution in [2.75, 3.05) is 12.4 Å². The van der Waals surface area contributed by atoms with Gasteiger partial charge in [0.05, 0.1) is 16.6 Å². The van der Waals surface area contributed by atoms with Gasteiger partial charge < -0.3 is 15.0 Å². The van der Waals surface area contributed by atoms with Gasteiger partial charge in [0.25, 0.3) is 0 Å². The lowest BCUT2D eigenvalue weighted by Crippen LogP contribution is -2.24. The molecule has 0 bridgehead atoms. The van der Waals surface area contributed by atoms with E-state index < -0.39 is 63.0 Å². The van der Waals surface area contributed by atoms with Gasteiger partial charge in [-0.1, -0.05) is 0 Å². The molecule has 1 aliphatic rings. The largest absolute Gasteiger partial charge is 0.477 e. The summed E-state index contributed by atoms with van der Waals surface area (Å²) in [6.45, 7) is 0. The molecule has 1 fully saturated rings. The van der Waals surface area contributed by atoms with Gasteiger partial charge >= 0.3 is 12.1 Å². The molecule has 0 aliphatic heterocycles. The van der Waals surface area contributed by atoms with Gasteiger partial charge in [-0.15, -0.1) is 0 Å². The van der Waals surface area contributed by atoms with Crippen LogP contribution in [0.5, 0.6) is 0 Å². The number of carboxylic acids is 1. The number of hydrogen-bond acceptors (Lipinski definition) is 3. The number of benzene rings is 1. The number of halogens is 5. The molecular weight excluding hydrogens is 351 g/mol. The average Bonchev–Trinajstić information content (AvgIpc) is 3.32. The van der Waals surface area contributed by atoms with Crippen molar-refractivity contribution in [2.45, 2.75) is 25.1 Å². The van der Waals surface area contributed by atoms with Crippen molar-refractivity contribution in [1.29, 1.82) is 0 Å². The minimum Gasteiger partial charge on any atom is -0.477 e. The zero-order valence-electron chi connectivity index (χ0n) is 12.7. The minimum atomic E-state index is -5.27. The molecule has 1 saturated carbocycles. The Balaban J connectivity index is 2.66. The first kappa shape index (κ1) is 17.2. The van der Waals surface area contributed by atoms with Crippen LogP contribution in [0, 0.1) is 11.6 Å². The van der Waals surface area contributed by atoms with Crippen LogP contribution in [-0.2, 0) is 6.18 Å².